The predicted molar refractivity (Wildman–Crippen MR) is 91.4 cm³/mol. The van der Waals surface area contributed by atoms with Gasteiger partial charge in [0, 0.05) is 36.6 Å². The molecule has 1 heterocycles. The summed E-state index contributed by atoms with van der Waals surface area (Å²) in [5, 5.41) is 5.79. The van der Waals surface area contributed by atoms with Crippen molar-refractivity contribution in [1.29, 1.82) is 0 Å². The van der Waals surface area contributed by atoms with Crippen LogP contribution in [0.2, 0.25) is 0 Å². The molecule has 0 radical (unpaired) electrons. The molecule has 116 valence electrons. The van der Waals surface area contributed by atoms with Crippen LogP contribution in [0.4, 0.5) is 0 Å². The largest absolute Gasteiger partial charge is 0.314 e. The predicted octanol–water partition coefficient (Wildman–Crippen LogP) is 4.37. The lowest BCUT2D eigenvalue weighted by atomic mass is 9.86. The second kappa shape index (κ2) is 8.16. The Morgan fingerprint density at radius 3 is 2.45 bits per heavy atom. The molecular formula is C17H32N2S. The molecule has 0 fully saturated rings. The second-order valence-corrected chi connectivity index (χ2v) is 7.81. The van der Waals surface area contributed by atoms with Crippen LogP contribution in [0.5, 0.6) is 0 Å². The third kappa shape index (κ3) is 5.94. The molecule has 20 heavy (non-hydrogen) atoms. The third-order valence-corrected chi connectivity index (χ3v) is 4.91. The Balaban J connectivity index is 2.66. The van der Waals surface area contributed by atoms with Crippen LogP contribution in [-0.2, 0) is 6.54 Å². The topological polar surface area (TPSA) is 15.3 Å². The fourth-order valence-electron chi connectivity index (χ4n) is 2.26. The summed E-state index contributed by atoms with van der Waals surface area (Å²) in [5.74, 6) is 0. The SMILES string of the molecule is CCC(C)(CNC(C)C)CN(Cc1cccs1)C(C)C. The van der Waals surface area contributed by atoms with Gasteiger partial charge in [-0.25, -0.2) is 0 Å². The standard InChI is InChI=1S/C17H32N2S/c1-7-17(6,12-18-14(2)3)13-19(15(4)5)11-16-9-8-10-20-16/h8-10,14-15,18H,7,11-13H2,1-6H3. The lowest BCUT2D eigenvalue weighted by molar-refractivity contribution is 0.119. The molecular weight excluding hydrogens is 264 g/mol. The first kappa shape index (κ1) is 17.7. The Labute approximate surface area is 129 Å². The van der Waals surface area contributed by atoms with Crippen molar-refractivity contribution in [1.82, 2.24) is 10.2 Å². The molecule has 1 N–H and O–H groups in total. The van der Waals surface area contributed by atoms with Gasteiger partial charge < -0.3 is 5.32 Å². The fourth-order valence-corrected chi connectivity index (χ4v) is 2.99. The van der Waals surface area contributed by atoms with Crippen molar-refractivity contribution < 1.29 is 0 Å². The van der Waals surface area contributed by atoms with Gasteiger partial charge >= 0.3 is 0 Å². The molecule has 0 spiro atoms. The highest BCUT2D eigenvalue weighted by Gasteiger charge is 2.26. The normalized spacial score (nSPS) is 15.2. The molecule has 0 bridgehead atoms. The van der Waals surface area contributed by atoms with Gasteiger partial charge in [-0.05, 0) is 37.1 Å². The maximum absolute atomic E-state index is 3.62. The zero-order valence-electron chi connectivity index (χ0n) is 14.1. The minimum atomic E-state index is 0.339. The molecule has 0 aliphatic heterocycles. The first-order chi connectivity index (χ1) is 9.36. The Morgan fingerprint density at radius 2 is 2.00 bits per heavy atom. The molecule has 0 aliphatic carbocycles. The van der Waals surface area contributed by atoms with Crippen LogP contribution >= 0.6 is 11.3 Å². The van der Waals surface area contributed by atoms with E-state index in [-0.39, 0.29) is 0 Å². The first-order valence-electron chi connectivity index (χ1n) is 7.86. The second-order valence-electron chi connectivity index (χ2n) is 6.78. The van der Waals surface area contributed by atoms with Crippen molar-refractivity contribution in [2.75, 3.05) is 13.1 Å². The molecule has 0 aliphatic rings. The van der Waals surface area contributed by atoms with Gasteiger partial charge in [0.05, 0.1) is 0 Å². The van der Waals surface area contributed by atoms with E-state index in [1.165, 1.54) is 11.3 Å². The van der Waals surface area contributed by atoms with E-state index in [4.69, 9.17) is 0 Å². The summed E-state index contributed by atoms with van der Waals surface area (Å²) < 4.78 is 0. The average Bonchev–Trinajstić information content (AvgIpc) is 2.88. The van der Waals surface area contributed by atoms with E-state index in [0.29, 0.717) is 17.5 Å². The molecule has 0 saturated carbocycles. The lowest BCUT2D eigenvalue weighted by Crippen LogP contribution is -2.45. The van der Waals surface area contributed by atoms with Gasteiger partial charge in [0.25, 0.3) is 0 Å². The highest BCUT2D eigenvalue weighted by molar-refractivity contribution is 7.09. The van der Waals surface area contributed by atoms with E-state index in [1.54, 1.807) is 0 Å². The Hall–Kier alpha value is -0.380. The van der Waals surface area contributed by atoms with Crippen LogP contribution < -0.4 is 5.32 Å². The van der Waals surface area contributed by atoms with E-state index in [9.17, 15) is 0 Å². The van der Waals surface area contributed by atoms with Crippen molar-refractivity contribution in [3.63, 3.8) is 0 Å². The molecule has 1 atom stereocenters. The van der Waals surface area contributed by atoms with Gasteiger partial charge in [-0.15, -0.1) is 11.3 Å². The number of rotatable bonds is 9. The quantitative estimate of drug-likeness (QED) is 0.728. The molecule has 0 amide bonds. The summed E-state index contributed by atoms with van der Waals surface area (Å²) >= 11 is 1.86. The summed E-state index contributed by atoms with van der Waals surface area (Å²) in [6.45, 7) is 17.1. The van der Waals surface area contributed by atoms with Gasteiger partial charge in [0.2, 0.25) is 0 Å². The van der Waals surface area contributed by atoms with Crippen molar-refractivity contribution in [3.05, 3.63) is 22.4 Å². The maximum Gasteiger partial charge on any atom is 0.0330 e. The van der Waals surface area contributed by atoms with Gasteiger partial charge in [-0.3, -0.25) is 4.90 Å². The number of hydrogen-bond donors (Lipinski definition) is 1. The summed E-state index contributed by atoms with van der Waals surface area (Å²) in [4.78, 5) is 4.08. The Bertz CT molecular complexity index is 359. The molecule has 2 nitrogen and oxygen atoms in total. The lowest BCUT2D eigenvalue weighted by Gasteiger charge is -2.37. The van der Waals surface area contributed by atoms with Crippen molar-refractivity contribution in [2.45, 2.75) is 66.6 Å². The minimum absolute atomic E-state index is 0.339. The van der Waals surface area contributed by atoms with Crippen LogP contribution in [0.3, 0.4) is 0 Å². The average molecular weight is 297 g/mol. The summed E-state index contributed by atoms with van der Waals surface area (Å²) in [6, 6.07) is 5.54. The van der Waals surface area contributed by atoms with Crippen LogP contribution in [0.1, 0.15) is 52.8 Å². The molecule has 1 unspecified atom stereocenters. The van der Waals surface area contributed by atoms with Crippen molar-refractivity contribution in [3.8, 4) is 0 Å². The van der Waals surface area contributed by atoms with E-state index >= 15 is 0 Å². The molecule has 1 aromatic rings. The van der Waals surface area contributed by atoms with Gasteiger partial charge in [-0.2, -0.15) is 0 Å². The smallest absolute Gasteiger partial charge is 0.0330 e. The molecule has 1 rings (SSSR count). The Morgan fingerprint density at radius 1 is 1.30 bits per heavy atom. The van der Waals surface area contributed by atoms with Crippen molar-refractivity contribution >= 4 is 11.3 Å². The Kier molecular flexibility index (Phi) is 7.21. The summed E-state index contributed by atoms with van der Waals surface area (Å²) in [5.41, 5.74) is 0.339. The fraction of sp³-hybridized carbons (Fsp3) is 0.765. The molecule has 0 aromatic carbocycles. The number of nitrogens with zero attached hydrogens (tertiary/aromatic N) is 1. The molecule has 1 aromatic heterocycles. The zero-order chi connectivity index (χ0) is 15.2. The van der Waals surface area contributed by atoms with E-state index < -0.39 is 0 Å². The molecule has 3 heteroatoms. The van der Waals surface area contributed by atoms with Crippen LogP contribution in [0, 0.1) is 5.41 Å². The van der Waals surface area contributed by atoms with E-state index in [2.05, 4.69) is 69.3 Å². The van der Waals surface area contributed by atoms with Crippen LogP contribution in [0.25, 0.3) is 0 Å². The zero-order valence-corrected chi connectivity index (χ0v) is 14.9. The summed E-state index contributed by atoms with van der Waals surface area (Å²) in [6.07, 6.45) is 1.21. The third-order valence-electron chi connectivity index (χ3n) is 4.04. The minimum Gasteiger partial charge on any atom is -0.314 e. The monoisotopic (exact) mass is 296 g/mol. The highest BCUT2D eigenvalue weighted by atomic mass is 32.1. The first-order valence-corrected chi connectivity index (χ1v) is 8.74. The van der Waals surface area contributed by atoms with Gasteiger partial charge in [-0.1, -0.05) is 33.8 Å². The number of hydrogen-bond acceptors (Lipinski definition) is 3. The summed E-state index contributed by atoms with van der Waals surface area (Å²) in [7, 11) is 0. The van der Waals surface area contributed by atoms with Gasteiger partial charge in [0.15, 0.2) is 0 Å². The van der Waals surface area contributed by atoms with Crippen molar-refractivity contribution in [2.24, 2.45) is 5.41 Å². The van der Waals surface area contributed by atoms with E-state index in [1.807, 2.05) is 11.3 Å². The van der Waals surface area contributed by atoms with E-state index in [0.717, 1.165) is 19.6 Å². The number of nitrogens with one attached hydrogen (secondary N) is 1. The van der Waals surface area contributed by atoms with Gasteiger partial charge in [0.1, 0.15) is 0 Å². The van der Waals surface area contributed by atoms with Crippen LogP contribution in [0.15, 0.2) is 17.5 Å². The molecule has 0 saturated heterocycles. The number of thiophene rings is 1. The maximum atomic E-state index is 3.62. The highest BCUT2D eigenvalue weighted by Crippen LogP contribution is 2.25. The van der Waals surface area contributed by atoms with Crippen LogP contribution in [-0.4, -0.2) is 30.1 Å².